The third-order valence-electron chi connectivity index (χ3n) is 4.95. The number of para-hydroxylation sites is 1. The molecule has 1 N–H and O–H groups in total. The van der Waals surface area contributed by atoms with E-state index in [2.05, 4.69) is 54.2 Å². The highest BCUT2D eigenvalue weighted by Crippen LogP contribution is 2.27. The van der Waals surface area contributed by atoms with Crippen LogP contribution in [-0.2, 0) is 25.9 Å². The topological polar surface area (TPSA) is 58.3 Å². The van der Waals surface area contributed by atoms with E-state index >= 15 is 0 Å². The highest BCUT2D eigenvalue weighted by molar-refractivity contribution is 14.0. The van der Waals surface area contributed by atoms with Crippen molar-refractivity contribution in [1.29, 1.82) is 0 Å². The zero-order chi connectivity index (χ0) is 16.4. The summed E-state index contributed by atoms with van der Waals surface area (Å²) in [6.45, 7) is 2.67. The highest BCUT2D eigenvalue weighted by Gasteiger charge is 2.23. The zero-order valence-electron chi connectivity index (χ0n) is 14.6. The summed E-state index contributed by atoms with van der Waals surface area (Å²) < 4.78 is 2.28. The lowest BCUT2D eigenvalue weighted by molar-refractivity contribution is 0.598. The Bertz CT molecular complexity index is 754. The number of fused-ring (bicyclic) bond motifs is 2. The van der Waals surface area contributed by atoms with Crippen molar-refractivity contribution in [1.82, 2.24) is 20.1 Å². The molecule has 0 amide bonds. The largest absolute Gasteiger partial charge is 0.349 e. The van der Waals surface area contributed by atoms with E-state index in [-0.39, 0.29) is 24.0 Å². The molecule has 0 spiro atoms. The second-order valence-electron chi connectivity index (χ2n) is 6.43. The molecule has 0 saturated heterocycles. The van der Waals surface area contributed by atoms with Gasteiger partial charge in [-0.25, -0.2) is 0 Å². The summed E-state index contributed by atoms with van der Waals surface area (Å²) in [7, 11) is 1.84. The van der Waals surface area contributed by atoms with Gasteiger partial charge < -0.3 is 14.8 Å². The van der Waals surface area contributed by atoms with Crippen LogP contribution in [0.3, 0.4) is 0 Å². The molecule has 3 heterocycles. The smallest absolute Gasteiger partial charge is 0.198 e. The number of hydrogen-bond donors (Lipinski definition) is 1. The van der Waals surface area contributed by atoms with Gasteiger partial charge in [0.2, 0.25) is 0 Å². The monoisotopic (exact) mass is 452 g/mol. The minimum Gasteiger partial charge on any atom is -0.349 e. The Morgan fingerprint density at radius 2 is 2.00 bits per heavy atom. The van der Waals surface area contributed by atoms with E-state index in [1.807, 2.05) is 7.05 Å². The van der Waals surface area contributed by atoms with Gasteiger partial charge in [0.25, 0.3) is 0 Å². The van der Waals surface area contributed by atoms with Crippen molar-refractivity contribution in [3.05, 3.63) is 41.5 Å². The van der Waals surface area contributed by atoms with Gasteiger partial charge in [0.05, 0.1) is 6.54 Å². The van der Waals surface area contributed by atoms with Crippen molar-refractivity contribution in [3.63, 3.8) is 0 Å². The summed E-state index contributed by atoms with van der Waals surface area (Å²) in [5, 5.41) is 12.2. The maximum atomic E-state index is 4.47. The molecule has 7 heteroatoms. The number of hydrogen-bond acceptors (Lipinski definition) is 3. The average Bonchev–Trinajstić information content (AvgIpc) is 3.13. The fourth-order valence-corrected chi connectivity index (χ4v) is 3.69. The van der Waals surface area contributed by atoms with Gasteiger partial charge >= 0.3 is 0 Å². The maximum absolute atomic E-state index is 4.47. The predicted molar refractivity (Wildman–Crippen MR) is 111 cm³/mol. The fraction of sp³-hybridized carbons (Fsp3) is 0.500. The van der Waals surface area contributed by atoms with Gasteiger partial charge in [-0.2, -0.15) is 0 Å². The van der Waals surface area contributed by atoms with Crippen molar-refractivity contribution in [2.75, 3.05) is 18.5 Å². The maximum Gasteiger partial charge on any atom is 0.198 e. The molecule has 25 heavy (non-hydrogen) atoms. The van der Waals surface area contributed by atoms with Crippen LogP contribution in [0.4, 0.5) is 5.69 Å². The average molecular weight is 452 g/mol. The van der Waals surface area contributed by atoms with Crippen LogP contribution in [0.15, 0.2) is 29.3 Å². The first-order valence-electron chi connectivity index (χ1n) is 8.84. The predicted octanol–water partition coefficient (Wildman–Crippen LogP) is 2.76. The SMILES string of the molecule is CN=C(NCc1nnc2n1CCCCC2)N1CCc2ccccc21.I. The van der Waals surface area contributed by atoms with Crippen molar-refractivity contribution < 1.29 is 0 Å². The van der Waals surface area contributed by atoms with Crippen LogP contribution >= 0.6 is 24.0 Å². The van der Waals surface area contributed by atoms with E-state index in [1.54, 1.807) is 0 Å². The Balaban J connectivity index is 0.00000182. The first kappa shape index (κ1) is 18.2. The Hall–Kier alpha value is -1.64. The van der Waals surface area contributed by atoms with Crippen molar-refractivity contribution >= 4 is 35.6 Å². The van der Waals surface area contributed by atoms with Gasteiger partial charge in [-0.3, -0.25) is 4.99 Å². The van der Waals surface area contributed by atoms with Crippen molar-refractivity contribution in [2.45, 2.75) is 45.2 Å². The molecule has 0 fully saturated rings. The molecule has 4 rings (SSSR count). The highest BCUT2D eigenvalue weighted by atomic mass is 127. The number of aliphatic imine (C=N–C) groups is 1. The number of benzene rings is 1. The van der Waals surface area contributed by atoms with Gasteiger partial charge in [-0.15, -0.1) is 34.2 Å². The molecule has 6 nitrogen and oxygen atoms in total. The van der Waals surface area contributed by atoms with E-state index in [0.717, 1.165) is 43.5 Å². The molecule has 2 aliphatic rings. The van der Waals surface area contributed by atoms with Crippen LogP contribution in [0.2, 0.25) is 0 Å². The van der Waals surface area contributed by atoms with Gasteiger partial charge in [-0.05, 0) is 30.9 Å². The third-order valence-corrected chi connectivity index (χ3v) is 4.95. The molecule has 1 aromatic heterocycles. The lowest BCUT2D eigenvalue weighted by Gasteiger charge is -2.22. The molecular formula is C18H25IN6. The molecule has 2 aromatic rings. The summed E-state index contributed by atoms with van der Waals surface area (Å²) in [6.07, 6.45) is 5.82. The molecular weight excluding hydrogens is 427 g/mol. The van der Waals surface area contributed by atoms with Crippen molar-refractivity contribution in [3.8, 4) is 0 Å². The van der Waals surface area contributed by atoms with Crippen LogP contribution in [0.1, 0.15) is 36.5 Å². The fourth-order valence-electron chi connectivity index (χ4n) is 3.69. The standard InChI is InChI=1S/C18H24N6.HI/c1-19-18(23-12-10-14-7-4-5-8-15(14)23)20-13-17-22-21-16-9-3-2-6-11-24(16)17;/h4-5,7-8H,2-3,6,9-13H2,1H3,(H,19,20);1H. The normalized spacial score (nSPS) is 16.7. The van der Waals surface area contributed by atoms with Crippen LogP contribution in [0.5, 0.6) is 0 Å². The lowest BCUT2D eigenvalue weighted by Crippen LogP contribution is -2.40. The Kier molecular flexibility index (Phi) is 5.93. The zero-order valence-corrected chi connectivity index (χ0v) is 16.9. The number of aromatic nitrogens is 3. The number of nitrogens with zero attached hydrogens (tertiary/aromatic N) is 5. The second-order valence-corrected chi connectivity index (χ2v) is 6.43. The Labute approximate surface area is 165 Å². The summed E-state index contributed by atoms with van der Waals surface area (Å²) in [4.78, 5) is 6.73. The number of rotatable bonds is 2. The van der Waals surface area contributed by atoms with Gasteiger partial charge in [-0.1, -0.05) is 24.6 Å². The van der Waals surface area contributed by atoms with Crippen LogP contribution in [-0.4, -0.2) is 34.3 Å². The van der Waals surface area contributed by atoms with E-state index in [9.17, 15) is 0 Å². The second kappa shape index (κ2) is 8.16. The van der Waals surface area contributed by atoms with E-state index in [4.69, 9.17) is 0 Å². The molecule has 2 aliphatic heterocycles. The number of halogens is 1. The molecule has 0 aliphatic carbocycles. The summed E-state index contributed by atoms with van der Waals surface area (Å²) in [5.41, 5.74) is 2.64. The van der Waals surface area contributed by atoms with Crippen LogP contribution in [0.25, 0.3) is 0 Å². The first-order chi connectivity index (χ1) is 11.9. The van der Waals surface area contributed by atoms with Gasteiger partial charge in [0, 0.05) is 32.2 Å². The summed E-state index contributed by atoms with van der Waals surface area (Å²) in [5.74, 6) is 3.05. The number of aryl methyl sites for hydroxylation is 1. The van der Waals surface area contributed by atoms with E-state index < -0.39 is 0 Å². The molecule has 0 bridgehead atoms. The lowest BCUT2D eigenvalue weighted by atomic mass is 10.2. The number of anilines is 1. The summed E-state index contributed by atoms with van der Waals surface area (Å²) >= 11 is 0. The van der Waals surface area contributed by atoms with E-state index in [0.29, 0.717) is 6.54 Å². The molecule has 0 radical (unpaired) electrons. The number of guanidine groups is 1. The van der Waals surface area contributed by atoms with Crippen LogP contribution in [0, 0.1) is 0 Å². The molecule has 0 atom stereocenters. The molecule has 0 saturated carbocycles. The molecule has 0 unspecified atom stereocenters. The number of nitrogens with one attached hydrogen (secondary N) is 1. The van der Waals surface area contributed by atoms with E-state index in [1.165, 1.54) is 30.5 Å². The van der Waals surface area contributed by atoms with Crippen LogP contribution < -0.4 is 10.2 Å². The minimum absolute atomic E-state index is 0. The first-order valence-corrected chi connectivity index (χ1v) is 8.84. The minimum atomic E-state index is 0. The molecule has 1 aromatic carbocycles. The van der Waals surface area contributed by atoms with Gasteiger partial charge in [0.1, 0.15) is 5.82 Å². The third kappa shape index (κ3) is 3.65. The Morgan fingerprint density at radius 3 is 2.88 bits per heavy atom. The Morgan fingerprint density at radius 1 is 1.12 bits per heavy atom. The van der Waals surface area contributed by atoms with Crippen molar-refractivity contribution in [2.24, 2.45) is 4.99 Å². The quantitative estimate of drug-likeness (QED) is 0.433. The molecule has 134 valence electrons. The summed E-state index contributed by atoms with van der Waals surface area (Å²) in [6, 6.07) is 8.55. The van der Waals surface area contributed by atoms with Gasteiger partial charge in [0.15, 0.2) is 11.8 Å².